The summed E-state index contributed by atoms with van der Waals surface area (Å²) < 4.78 is 12.7. The van der Waals surface area contributed by atoms with Crippen LogP contribution in [0.25, 0.3) is 0 Å². The number of benzene rings is 1. The highest BCUT2D eigenvalue weighted by atomic mass is 19.1. The van der Waals surface area contributed by atoms with Crippen LogP contribution >= 0.6 is 0 Å². The molecule has 1 rings (SSSR count). The predicted molar refractivity (Wildman–Crippen MR) is 67.2 cm³/mol. The second kappa shape index (κ2) is 7.05. The molecule has 1 aromatic rings. The van der Waals surface area contributed by atoms with Gasteiger partial charge in [-0.15, -0.1) is 0 Å². The Hall–Kier alpha value is -1.38. The second-order valence-electron chi connectivity index (χ2n) is 4.38. The summed E-state index contributed by atoms with van der Waals surface area (Å²) in [4.78, 5) is 11.6. The molecule has 3 heteroatoms. The van der Waals surface area contributed by atoms with E-state index in [1.54, 1.807) is 12.1 Å². The minimum Gasteiger partial charge on any atom is -0.354 e. The molecule has 0 fully saturated rings. The molecule has 0 heterocycles. The van der Waals surface area contributed by atoms with Crippen LogP contribution in [0.5, 0.6) is 0 Å². The van der Waals surface area contributed by atoms with Crippen molar-refractivity contribution >= 4 is 5.91 Å². The van der Waals surface area contributed by atoms with Crippen LogP contribution in [0.2, 0.25) is 0 Å². The minimum atomic E-state index is -0.241. The van der Waals surface area contributed by atoms with E-state index in [4.69, 9.17) is 0 Å². The molecule has 0 spiro atoms. The van der Waals surface area contributed by atoms with Crippen LogP contribution < -0.4 is 5.32 Å². The number of aryl methyl sites for hydroxylation is 1. The predicted octanol–water partition coefficient (Wildman–Crippen LogP) is 3.06. The van der Waals surface area contributed by atoms with Gasteiger partial charge in [-0.1, -0.05) is 25.5 Å². The van der Waals surface area contributed by atoms with Crippen molar-refractivity contribution < 1.29 is 9.18 Å². The molecule has 1 unspecified atom stereocenters. The Labute approximate surface area is 102 Å². The van der Waals surface area contributed by atoms with Gasteiger partial charge in [0.25, 0.3) is 0 Å². The highest BCUT2D eigenvalue weighted by Crippen LogP contribution is 2.05. The smallest absolute Gasteiger partial charge is 0.220 e. The Bertz CT molecular complexity index is 348. The lowest BCUT2D eigenvalue weighted by atomic mass is 10.1. The summed E-state index contributed by atoms with van der Waals surface area (Å²) in [6, 6.07) is 6.52. The average Bonchev–Trinajstić information content (AvgIpc) is 2.28. The van der Waals surface area contributed by atoms with Crippen molar-refractivity contribution in [2.24, 2.45) is 0 Å². The maximum Gasteiger partial charge on any atom is 0.220 e. The number of carbonyl (C=O) groups excluding carboxylic acids is 1. The number of nitrogens with one attached hydrogen (secondary N) is 1. The van der Waals surface area contributed by atoms with Crippen LogP contribution in [0, 0.1) is 5.82 Å². The molecule has 94 valence electrons. The molecule has 1 atom stereocenters. The number of hydrogen-bond acceptors (Lipinski definition) is 1. The van der Waals surface area contributed by atoms with Crippen molar-refractivity contribution in [1.29, 1.82) is 0 Å². The van der Waals surface area contributed by atoms with Crippen molar-refractivity contribution in [3.63, 3.8) is 0 Å². The van der Waals surface area contributed by atoms with Gasteiger partial charge in [0, 0.05) is 12.5 Å². The van der Waals surface area contributed by atoms with Crippen molar-refractivity contribution in [3.8, 4) is 0 Å². The fourth-order valence-electron chi connectivity index (χ4n) is 1.76. The Morgan fingerprint density at radius 2 is 2.00 bits per heavy atom. The Morgan fingerprint density at radius 3 is 2.59 bits per heavy atom. The van der Waals surface area contributed by atoms with E-state index in [0.717, 1.165) is 18.4 Å². The molecule has 1 amide bonds. The standard InChI is InChI=1S/C14H20FNO/c1-3-4-11(2)16-14(17)10-7-12-5-8-13(15)9-6-12/h5-6,8-9,11H,3-4,7,10H2,1-2H3,(H,16,17). The molecule has 2 nitrogen and oxygen atoms in total. The second-order valence-corrected chi connectivity index (χ2v) is 4.38. The summed E-state index contributed by atoms with van der Waals surface area (Å²) in [7, 11) is 0. The molecule has 1 N–H and O–H groups in total. The van der Waals surface area contributed by atoms with Crippen LogP contribution in [0.4, 0.5) is 4.39 Å². The van der Waals surface area contributed by atoms with Crippen molar-refractivity contribution in [2.45, 2.75) is 45.6 Å². The summed E-state index contributed by atoms with van der Waals surface area (Å²) in [6.07, 6.45) is 3.19. The Morgan fingerprint density at radius 1 is 1.35 bits per heavy atom. The van der Waals surface area contributed by atoms with E-state index < -0.39 is 0 Å². The fourth-order valence-corrected chi connectivity index (χ4v) is 1.76. The number of carbonyl (C=O) groups is 1. The van der Waals surface area contributed by atoms with Gasteiger partial charge in [-0.25, -0.2) is 4.39 Å². The summed E-state index contributed by atoms with van der Waals surface area (Å²) in [5.74, 6) is -0.176. The lowest BCUT2D eigenvalue weighted by Crippen LogP contribution is -2.32. The first-order valence-corrected chi connectivity index (χ1v) is 6.15. The molecule has 0 aliphatic rings. The zero-order valence-electron chi connectivity index (χ0n) is 10.5. The maximum atomic E-state index is 12.7. The molecular weight excluding hydrogens is 217 g/mol. The lowest BCUT2D eigenvalue weighted by molar-refractivity contribution is -0.121. The number of amides is 1. The topological polar surface area (TPSA) is 29.1 Å². The zero-order chi connectivity index (χ0) is 12.7. The molecule has 0 radical (unpaired) electrons. The van der Waals surface area contributed by atoms with E-state index in [1.807, 2.05) is 6.92 Å². The summed E-state index contributed by atoms with van der Waals surface area (Å²) in [5.41, 5.74) is 0.990. The van der Waals surface area contributed by atoms with Gasteiger partial charge in [0.2, 0.25) is 5.91 Å². The van der Waals surface area contributed by atoms with E-state index in [0.29, 0.717) is 12.8 Å². The normalized spacial score (nSPS) is 12.2. The van der Waals surface area contributed by atoms with Gasteiger partial charge in [0.05, 0.1) is 0 Å². The summed E-state index contributed by atoms with van der Waals surface area (Å²) in [6.45, 7) is 4.11. The maximum absolute atomic E-state index is 12.7. The third kappa shape index (κ3) is 5.48. The monoisotopic (exact) mass is 237 g/mol. The Balaban J connectivity index is 2.30. The largest absolute Gasteiger partial charge is 0.354 e. The van der Waals surface area contributed by atoms with E-state index in [2.05, 4.69) is 12.2 Å². The fraction of sp³-hybridized carbons (Fsp3) is 0.500. The van der Waals surface area contributed by atoms with E-state index in [-0.39, 0.29) is 17.8 Å². The first-order valence-electron chi connectivity index (χ1n) is 6.15. The van der Waals surface area contributed by atoms with Crippen molar-refractivity contribution in [2.75, 3.05) is 0 Å². The molecule has 0 bridgehead atoms. The van der Waals surface area contributed by atoms with E-state index in [1.165, 1.54) is 12.1 Å². The van der Waals surface area contributed by atoms with Gasteiger partial charge < -0.3 is 5.32 Å². The molecule has 1 aromatic carbocycles. The molecule has 0 aliphatic carbocycles. The Kier molecular flexibility index (Phi) is 5.67. The number of hydrogen-bond donors (Lipinski definition) is 1. The van der Waals surface area contributed by atoms with E-state index in [9.17, 15) is 9.18 Å². The molecule has 0 saturated heterocycles. The van der Waals surface area contributed by atoms with Crippen LogP contribution in [-0.2, 0) is 11.2 Å². The molecule has 17 heavy (non-hydrogen) atoms. The molecule has 0 aliphatic heterocycles. The van der Waals surface area contributed by atoms with Crippen LogP contribution in [0.15, 0.2) is 24.3 Å². The number of rotatable bonds is 6. The van der Waals surface area contributed by atoms with Gasteiger partial charge >= 0.3 is 0 Å². The third-order valence-corrected chi connectivity index (χ3v) is 2.68. The highest BCUT2D eigenvalue weighted by Gasteiger charge is 2.06. The average molecular weight is 237 g/mol. The van der Waals surface area contributed by atoms with Crippen LogP contribution in [-0.4, -0.2) is 11.9 Å². The minimum absolute atomic E-state index is 0.0651. The lowest BCUT2D eigenvalue weighted by Gasteiger charge is -2.12. The van der Waals surface area contributed by atoms with Crippen molar-refractivity contribution in [1.82, 2.24) is 5.32 Å². The van der Waals surface area contributed by atoms with Crippen molar-refractivity contribution in [3.05, 3.63) is 35.6 Å². The molecular formula is C14H20FNO. The summed E-state index contributed by atoms with van der Waals surface area (Å²) in [5, 5.41) is 2.95. The van der Waals surface area contributed by atoms with Gasteiger partial charge in [-0.05, 0) is 37.5 Å². The number of halogens is 1. The SMILES string of the molecule is CCCC(C)NC(=O)CCc1ccc(F)cc1. The van der Waals surface area contributed by atoms with Gasteiger partial charge in [0.1, 0.15) is 5.82 Å². The first kappa shape index (κ1) is 13.7. The zero-order valence-corrected chi connectivity index (χ0v) is 10.5. The van der Waals surface area contributed by atoms with Gasteiger partial charge in [-0.2, -0.15) is 0 Å². The quantitative estimate of drug-likeness (QED) is 0.809. The summed E-state index contributed by atoms with van der Waals surface area (Å²) >= 11 is 0. The van der Waals surface area contributed by atoms with Gasteiger partial charge in [0.15, 0.2) is 0 Å². The van der Waals surface area contributed by atoms with Crippen LogP contribution in [0.3, 0.4) is 0 Å². The van der Waals surface area contributed by atoms with E-state index >= 15 is 0 Å². The third-order valence-electron chi connectivity index (χ3n) is 2.68. The van der Waals surface area contributed by atoms with Crippen LogP contribution in [0.1, 0.15) is 38.7 Å². The van der Waals surface area contributed by atoms with Gasteiger partial charge in [-0.3, -0.25) is 4.79 Å². The molecule has 0 saturated carbocycles. The first-order chi connectivity index (χ1) is 8.11. The molecule has 0 aromatic heterocycles. The highest BCUT2D eigenvalue weighted by molar-refractivity contribution is 5.76.